The Morgan fingerprint density at radius 2 is 2.15 bits per heavy atom. The number of hydrogen-bond acceptors (Lipinski definition) is 2. The van der Waals surface area contributed by atoms with Crippen LogP contribution in [0.2, 0.25) is 5.02 Å². The zero-order chi connectivity index (χ0) is 14.7. The fourth-order valence-corrected chi connectivity index (χ4v) is 2.64. The van der Waals surface area contributed by atoms with Crippen molar-refractivity contribution in [1.29, 1.82) is 0 Å². The van der Waals surface area contributed by atoms with Crippen LogP contribution in [0.15, 0.2) is 24.3 Å². The van der Waals surface area contributed by atoms with Gasteiger partial charge in [0.15, 0.2) is 0 Å². The largest absolute Gasteiger partial charge is 0.481 e. The fourth-order valence-electron chi connectivity index (χ4n) is 2.37. The average Bonchev–Trinajstić information content (AvgIpc) is 3.17. The maximum Gasteiger partial charge on any atom is 0.303 e. The highest BCUT2D eigenvalue weighted by atomic mass is 35.5. The zero-order valence-corrected chi connectivity index (χ0v) is 12.1. The van der Waals surface area contributed by atoms with E-state index in [1.807, 2.05) is 31.2 Å². The number of carboxylic acid groups (broad SMARTS) is 1. The summed E-state index contributed by atoms with van der Waals surface area (Å²) < 4.78 is 0. The van der Waals surface area contributed by atoms with Crippen LogP contribution in [0.1, 0.15) is 37.7 Å². The number of carboxylic acids is 1. The Morgan fingerprint density at radius 1 is 1.45 bits per heavy atom. The predicted octanol–water partition coefficient (Wildman–Crippen LogP) is 2.81. The van der Waals surface area contributed by atoms with Gasteiger partial charge in [-0.05, 0) is 37.3 Å². The van der Waals surface area contributed by atoms with E-state index in [9.17, 15) is 9.59 Å². The summed E-state index contributed by atoms with van der Waals surface area (Å²) in [4.78, 5) is 22.5. The summed E-state index contributed by atoms with van der Waals surface area (Å²) in [5.74, 6) is -0.697. The normalized spacial score (nSPS) is 22.1. The second-order valence-electron chi connectivity index (χ2n) is 5.31. The van der Waals surface area contributed by atoms with E-state index in [2.05, 4.69) is 5.32 Å². The molecule has 0 heterocycles. The van der Waals surface area contributed by atoms with Crippen LogP contribution in [0.5, 0.6) is 0 Å². The maximum atomic E-state index is 12.1. The van der Waals surface area contributed by atoms with E-state index in [0.29, 0.717) is 11.4 Å². The first-order valence-electron chi connectivity index (χ1n) is 6.75. The number of halogens is 1. The summed E-state index contributed by atoms with van der Waals surface area (Å²) in [5, 5.41) is 12.2. The first-order valence-corrected chi connectivity index (χ1v) is 7.13. The Hall–Kier alpha value is -1.55. The molecule has 1 saturated carbocycles. The fraction of sp³-hybridized carbons (Fsp3) is 0.467. The van der Waals surface area contributed by atoms with Crippen LogP contribution in [0.25, 0.3) is 0 Å². The van der Waals surface area contributed by atoms with E-state index in [0.717, 1.165) is 12.0 Å². The van der Waals surface area contributed by atoms with Gasteiger partial charge in [0.05, 0.1) is 0 Å². The van der Waals surface area contributed by atoms with E-state index >= 15 is 0 Å². The molecule has 1 aliphatic rings. The predicted molar refractivity (Wildman–Crippen MR) is 76.8 cm³/mol. The lowest BCUT2D eigenvalue weighted by Crippen LogP contribution is -2.34. The Labute approximate surface area is 123 Å². The number of carbonyl (C=O) groups is 2. The standard InChI is InChI=1S/C15H18ClNO3/c1-9(6-7-14(18)19)17-15(20)12-8-11(12)10-4-2-3-5-13(10)16/h2-5,9,11-12H,6-8H2,1H3,(H,17,20)(H,18,19). The van der Waals surface area contributed by atoms with Crippen molar-refractivity contribution in [1.82, 2.24) is 5.32 Å². The number of amides is 1. The molecule has 1 aromatic carbocycles. The van der Waals surface area contributed by atoms with Gasteiger partial charge < -0.3 is 10.4 Å². The van der Waals surface area contributed by atoms with Crippen LogP contribution in [0, 0.1) is 5.92 Å². The van der Waals surface area contributed by atoms with Gasteiger partial charge in [0.25, 0.3) is 0 Å². The first kappa shape index (κ1) is 14.9. The molecule has 0 aliphatic heterocycles. The van der Waals surface area contributed by atoms with E-state index in [4.69, 9.17) is 16.7 Å². The Balaban J connectivity index is 1.84. The Morgan fingerprint density at radius 3 is 2.80 bits per heavy atom. The van der Waals surface area contributed by atoms with Gasteiger partial charge in [-0.2, -0.15) is 0 Å². The minimum absolute atomic E-state index is 0.00666. The van der Waals surface area contributed by atoms with Crippen LogP contribution in [-0.4, -0.2) is 23.0 Å². The van der Waals surface area contributed by atoms with Crippen molar-refractivity contribution in [2.24, 2.45) is 5.92 Å². The minimum Gasteiger partial charge on any atom is -0.481 e. The molecule has 1 amide bonds. The zero-order valence-electron chi connectivity index (χ0n) is 11.3. The quantitative estimate of drug-likeness (QED) is 0.848. The third kappa shape index (κ3) is 3.73. The van der Waals surface area contributed by atoms with Crippen molar-refractivity contribution in [3.8, 4) is 0 Å². The monoisotopic (exact) mass is 295 g/mol. The highest BCUT2D eigenvalue weighted by Crippen LogP contribution is 2.49. The molecular weight excluding hydrogens is 278 g/mol. The summed E-state index contributed by atoms with van der Waals surface area (Å²) in [6.45, 7) is 1.83. The second kappa shape index (κ2) is 6.27. The molecule has 0 radical (unpaired) electrons. The van der Waals surface area contributed by atoms with Gasteiger partial charge >= 0.3 is 5.97 Å². The summed E-state index contributed by atoms with van der Waals surface area (Å²) in [5.41, 5.74) is 1.02. The van der Waals surface area contributed by atoms with E-state index in [-0.39, 0.29) is 30.2 Å². The average molecular weight is 296 g/mol. The van der Waals surface area contributed by atoms with Gasteiger partial charge in [-0.15, -0.1) is 0 Å². The molecule has 3 unspecified atom stereocenters. The number of hydrogen-bond donors (Lipinski definition) is 2. The van der Waals surface area contributed by atoms with Gasteiger partial charge in [0.2, 0.25) is 5.91 Å². The van der Waals surface area contributed by atoms with Crippen LogP contribution in [-0.2, 0) is 9.59 Å². The molecule has 1 fully saturated rings. The number of rotatable bonds is 6. The summed E-state index contributed by atoms with van der Waals surface area (Å²) >= 11 is 6.12. The van der Waals surface area contributed by atoms with Crippen molar-refractivity contribution in [3.05, 3.63) is 34.9 Å². The van der Waals surface area contributed by atoms with Crippen LogP contribution < -0.4 is 5.32 Å². The molecule has 3 atom stereocenters. The Bertz CT molecular complexity index is 518. The van der Waals surface area contributed by atoms with E-state index < -0.39 is 5.97 Å². The molecule has 0 bridgehead atoms. The molecule has 2 N–H and O–H groups in total. The van der Waals surface area contributed by atoms with Gasteiger partial charge in [-0.1, -0.05) is 29.8 Å². The van der Waals surface area contributed by atoms with Crippen LogP contribution in [0.4, 0.5) is 0 Å². The van der Waals surface area contributed by atoms with Crippen molar-refractivity contribution in [2.45, 2.75) is 38.1 Å². The summed E-state index contributed by atoms with van der Waals surface area (Å²) in [7, 11) is 0. The SMILES string of the molecule is CC(CCC(=O)O)NC(=O)C1CC1c1ccccc1Cl. The highest BCUT2D eigenvalue weighted by molar-refractivity contribution is 6.31. The number of carbonyl (C=O) groups excluding carboxylic acids is 1. The van der Waals surface area contributed by atoms with Crippen molar-refractivity contribution in [3.63, 3.8) is 0 Å². The molecule has 1 aromatic rings. The van der Waals surface area contributed by atoms with Gasteiger partial charge in [-0.25, -0.2) is 0 Å². The lowest BCUT2D eigenvalue weighted by atomic mass is 10.1. The molecule has 5 heteroatoms. The molecule has 0 spiro atoms. The topological polar surface area (TPSA) is 66.4 Å². The molecule has 0 saturated heterocycles. The molecular formula is C15H18ClNO3. The van der Waals surface area contributed by atoms with Crippen molar-refractivity contribution in [2.75, 3.05) is 0 Å². The van der Waals surface area contributed by atoms with Crippen LogP contribution in [0.3, 0.4) is 0 Å². The number of aliphatic carboxylic acids is 1. The van der Waals surface area contributed by atoms with Crippen molar-refractivity contribution < 1.29 is 14.7 Å². The molecule has 4 nitrogen and oxygen atoms in total. The van der Waals surface area contributed by atoms with Crippen molar-refractivity contribution >= 4 is 23.5 Å². The number of benzene rings is 1. The smallest absolute Gasteiger partial charge is 0.303 e. The lowest BCUT2D eigenvalue weighted by Gasteiger charge is -2.12. The third-order valence-corrected chi connectivity index (χ3v) is 3.96. The second-order valence-corrected chi connectivity index (χ2v) is 5.72. The summed E-state index contributed by atoms with van der Waals surface area (Å²) in [6, 6.07) is 7.46. The van der Waals surface area contributed by atoms with Gasteiger partial charge in [0, 0.05) is 23.4 Å². The number of nitrogens with one attached hydrogen (secondary N) is 1. The Kier molecular flexibility index (Phi) is 4.65. The molecule has 108 valence electrons. The third-order valence-electron chi connectivity index (χ3n) is 3.61. The molecule has 0 aromatic heterocycles. The minimum atomic E-state index is -0.841. The van der Waals surface area contributed by atoms with Crippen LogP contribution >= 0.6 is 11.6 Å². The molecule has 1 aliphatic carbocycles. The maximum absolute atomic E-state index is 12.1. The van der Waals surface area contributed by atoms with E-state index in [1.165, 1.54) is 0 Å². The summed E-state index contributed by atoms with van der Waals surface area (Å²) in [6.07, 6.45) is 1.33. The van der Waals surface area contributed by atoms with Gasteiger partial charge in [-0.3, -0.25) is 9.59 Å². The first-order chi connectivity index (χ1) is 9.49. The molecule has 2 rings (SSSR count). The highest BCUT2D eigenvalue weighted by Gasteiger charge is 2.44. The van der Waals surface area contributed by atoms with Gasteiger partial charge in [0.1, 0.15) is 0 Å². The molecule has 20 heavy (non-hydrogen) atoms. The lowest BCUT2D eigenvalue weighted by molar-refractivity contribution is -0.137. The van der Waals surface area contributed by atoms with E-state index in [1.54, 1.807) is 0 Å².